The minimum absolute atomic E-state index is 0.0407. The van der Waals surface area contributed by atoms with Crippen molar-refractivity contribution in [1.29, 1.82) is 0 Å². The lowest BCUT2D eigenvalue weighted by Gasteiger charge is -2.03. The molecule has 0 radical (unpaired) electrons. The molecule has 4 heteroatoms. The Balaban J connectivity index is 1.62. The minimum atomic E-state index is -0.0407. The van der Waals surface area contributed by atoms with E-state index >= 15 is 0 Å². The molecule has 2 heterocycles. The molecule has 0 saturated carbocycles. The molecule has 0 saturated heterocycles. The predicted octanol–water partition coefficient (Wildman–Crippen LogP) is 2.47. The van der Waals surface area contributed by atoms with Crippen molar-refractivity contribution in [1.82, 2.24) is 15.3 Å². The summed E-state index contributed by atoms with van der Waals surface area (Å²) in [5.41, 5.74) is 3.03. The number of para-hydroxylation sites is 1. The van der Waals surface area contributed by atoms with Crippen molar-refractivity contribution in [2.24, 2.45) is 0 Å². The van der Waals surface area contributed by atoms with Crippen LogP contribution in [0.15, 0.2) is 48.9 Å². The lowest BCUT2D eigenvalue weighted by Crippen LogP contribution is -2.25. The maximum Gasteiger partial charge on any atom is 0.252 e. The number of hydrogen-bond donors (Lipinski definition) is 3. The highest BCUT2D eigenvalue weighted by Gasteiger charge is 2.06. The average Bonchev–Trinajstić information content (AvgIpc) is 3.08. The topological polar surface area (TPSA) is 60.7 Å². The first kappa shape index (κ1) is 11.6. The number of aromatic nitrogens is 2. The number of fused-ring (bicyclic) bond motifs is 1. The number of rotatable bonds is 4. The van der Waals surface area contributed by atoms with Crippen LogP contribution in [0.1, 0.15) is 15.9 Å². The standard InChI is InChI=1S/C15H15N3O/c19-15(12-5-7-16-9-12)17-8-6-11-10-18-14-4-2-1-3-13(11)14/h1-5,7,9-10,16,18H,6,8H2,(H,17,19). The van der Waals surface area contributed by atoms with E-state index in [1.54, 1.807) is 18.5 Å². The van der Waals surface area contributed by atoms with Crippen molar-refractivity contribution in [2.45, 2.75) is 6.42 Å². The second kappa shape index (κ2) is 5.02. The minimum Gasteiger partial charge on any atom is -0.367 e. The Morgan fingerprint density at radius 3 is 2.89 bits per heavy atom. The number of H-pyrrole nitrogens is 2. The van der Waals surface area contributed by atoms with Crippen LogP contribution >= 0.6 is 0 Å². The highest BCUT2D eigenvalue weighted by Crippen LogP contribution is 2.17. The molecule has 4 nitrogen and oxygen atoms in total. The van der Waals surface area contributed by atoms with Crippen molar-refractivity contribution < 1.29 is 4.79 Å². The van der Waals surface area contributed by atoms with Gasteiger partial charge in [-0.2, -0.15) is 0 Å². The van der Waals surface area contributed by atoms with Gasteiger partial charge in [0.25, 0.3) is 5.91 Å². The van der Waals surface area contributed by atoms with Gasteiger partial charge in [0, 0.05) is 36.0 Å². The molecule has 0 aliphatic heterocycles. The third-order valence-electron chi connectivity index (χ3n) is 3.21. The number of benzene rings is 1. The summed E-state index contributed by atoms with van der Waals surface area (Å²) in [6, 6.07) is 9.95. The van der Waals surface area contributed by atoms with E-state index in [0.29, 0.717) is 12.1 Å². The number of hydrogen-bond acceptors (Lipinski definition) is 1. The molecule has 1 aromatic carbocycles. The number of amides is 1. The van der Waals surface area contributed by atoms with Crippen LogP contribution in [0.5, 0.6) is 0 Å². The predicted molar refractivity (Wildman–Crippen MR) is 75.1 cm³/mol. The van der Waals surface area contributed by atoms with Gasteiger partial charge in [0.1, 0.15) is 0 Å². The van der Waals surface area contributed by atoms with Crippen LogP contribution in [-0.4, -0.2) is 22.4 Å². The Kier molecular flexibility index (Phi) is 3.06. The molecule has 0 bridgehead atoms. The quantitative estimate of drug-likeness (QED) is 0.657. The highest BCUT2D eigenvalue weighted by molar-refractivity contribution is 5.94. The molecule has 19 heavy (non-hydrogen) atoms. The van der Waals surface area contributed by atoms with Gasteiger partial charge in [0.15, 0.2) is 0 Å². The number of nitrogens with one attached hydrogen (secondary N) is 3. The summed E-state index contributed by atoms with van der Waals surface area (Å²) in [5, 5.41) is 4.14. The first-order chi connectivity index (χ1) is 9.34. The third-order valence-corrected chi connectivity index (χ3v) is 3.21. The van der Waals surface area contributed by atoms with Crippen molar-refractivity contribution in [3.8, 4) is 0 Å². The van der Waals surface area contributed by atoms with Gasteiger partial charge in [-0.05, 0) is 24.1 Å². The molecule has 2 aromatic heterocycles. The first-order valence-corrected chi connectivity index (χ1v) is 6.30. The van der Waals surface area contributed by atoms with Crippen molar-refractivity contribution in [3.05, 3.63) is 60.0 Å². The van der Waals surface area contributed by atoms with Gasteiger partial charge in [-0.15, -0.1) is 0 Å². The summed E-state index contributed by atoms with van der Waals surface area (Å²) in [6.07, 6.45) is 6.27. The molecular formula is C15H15N3O. The summed E-state index contributed by atoms with van der Waals surface area (Å²) < 4.78 is 0. The fraction of sp³-hybridized carbons (Fsp3) is 0.133. The highest BCUT2D eigenvalue weighted by atomic mass is 16.1. The van der Waals surface area contributed by atoms with Crippen molar-refractivity contribution in [3.63, 3.8) is 0 Å². The zero-order valence-electron chi connectivity index (χ0n) is 10.4. The molecule has 0 unspecified atom stereocenters. The molecule has 0 aliphatic rings. The van der Waals surface area contributed by atoms with Gasteiger partial charge < -0.3 is 15.3 Å². The van der Waals surface area contributed by atoms with E-state index in [4.69, 9.17) is 0 Å². The van der Waals surface area contributed by atoms with E-state index in [0.717, 1.165) is 11.9 Å². The van der Waals surface area contributed by atoms with Crippen LogP contribution in [0.3, 0.4) is 0 Å². The normalized spacial score (nSPS) is 10.7. The molecular weight excluding hydrogens is 238 g/mol. The molecule has 3 N–H and O–H groups in total. The summed E-state index contributed by atoms with van der Waals surface area (Å²) >= 11 is 0. The number of carbonyl (C=O) groups is 1. The molecule has 0 fully saturated rings. The molecule has 3 rings (SSSR count). The Labute approximate surface area is 110 Å². The largest absolute Gasteiger partial charge is 0.367 e. The van der Waals surface area contributed by atoms with Crippen LogP contribution in [0.2, 0.25) is 0 Å². The Morgan fingerprint density at radius 2 is 2.05 bits per heavy atom. The van der Waals surface area contributed by atoms with E-state index < -0.39 is 0 Å². The lowest BCUT2D eigenvalue weighted by molar-refractivity contribution is 0.0954. The van der Waals surface area contributed by atoms with Crippen LogP contribution < -0.4 is 5.32 Å². The van der Waals surface area contributed by atoms with Crippen LogP contribution in [0.4, 0.5) is 0 Å². The Morgan fingerprint density at radius 1 is 1.16 bits per heavy atom. The maximum absolute atomic E-state index is 11.8. The van der Waals surface area contributed by atoms with E-state index in [-0.39, 0.29) is 5.91 Å². The van der Waals surface area contributed by atoms with Gasteiger partial charge in [-0.25, -0.2) is 0 Å². The average molecular weight is 253 g/mol. The van der Waals surface area contributed by atoms with E-state index in [1.807, 2.05) is 18.3 Å². The maximum atomic E-state index is 11.8. The van der Waals surface area contributed by atoms with E-state index in [9.17, 15) is 4.79 Å². The molecule has 0 spiro atoms. The third kappa shape index (κ3) is 2.38. The molecule has 0 atom stereocenters. The molecule has 96 valence electrons. The second-order valence-corrected chi connectivity index (χ2v) is 4.47. The summed E-state index contributed by atoms with van der Waals surface area (Å²) in [5.74, 6) is -0.0407. The molecule has 3 aromatic rings. The molecule has 1 amide bonds. The smallest absolute Gasteiger partial charge is 0.252 e. The van der Waals surface area contributed by atoms with Gasteiger partial charge in [-0.1, -0.05) is 18.2 Å². The monoisotopic (exact) mass is 253 g/mol. The van der Waals surface area contributed by atoms with Gasteiger partial charge in [0.05, 0.1) is 5.56 Å². The fourth-order valence-electron chi connectivity index (χ4n) is 2.22. The zero-order chi connectivity index (χ0) is 13.1. The summed E-state index contributed by atoms with van der Waals surface area (Å²) in [4.78, 5) is 17.9. The van der Waals surface area contributed by atoms with Gasteiger partial charge >= 0.3 is 0 Å². The lowest BCUT2D eigenvalue weighted by atomic mass is 10.1. The van der Waals surface area contributed by atoms with E-state index in [2.05, 4.69) is 27.4 Å². The van der Waals surface area contributed by atoms with Crippen LogP contribution in [0.25, 0.3) is 10.9 Å². The Bertz CT molecular complexity index is 682. The van der Waals surface area contributed by atoms with Gasteiger partial charge in [-0.3, -0.25) is 4.79 Å². The SMILES string of the molecule is O=C(NCCc1c[nH]c2ccccc12)c1cc[nH]c1. The van der Waals surface area contributed by atoms with Crippen molar-refractivity contribution in [2.75, 3.05) is 6.54 Å². The number of carbonyl (C=O) groups excluding carboxylic acids is 1. The fourth-order valence-corrected chi connectivity index (χ4v) is 2.22. The van der Waals surface area contributed by atoms with E-state index in [1.165, 1.54) is 10.9 Å². The number of aromatic amines is 2. The summed E-state index contributed by atoms with van der Waals surface area (Å²) in [6.45, 7) is 0.631. The summed E-state index contributed by atoms with van der Waals surface area (Å²) in [7, 11) is 0. The van der Waals surface area contributed by atoms with Crippen LogP contribution in [-0.2, 0) is 6.42 Å². The van der Waals surface area contributed by atoms with Crippen LogP contribution in [0, 0.1) is 0 Å². The van der Waals surface area contributed by atoms with Crippen molar-refractivity contribution >= 4 is 16.8 Å². The first-order valence-electron chi connectivity index (χ1n) is 6.30. The molecule has 0 aliphatic carbocycles. The zero-order valence-corrected chi connectivity index (χ0v) is 10.4. The van der Waals surface area contributed by atoms with Gasteiger partial charge in [0.2, 0.25) is 0 Å². The Hall–Kier alpha value is -2.49. The second-order valence-electron chi connectivity index (χ2n) is 4.47.